The van der Waals surface area contributed by atoms with Crippen LogP contribution in [0.3, 0.4) is 0 Å². The Kier molecular flexibility index (Phi) is 5.90. The largest absolute Gasteiger partial charge is 0.481 e. The van der Waals surface area contributed by atoms with Gasteiger partial charge in [-0.1, -0.05) is 24.3 Å². The van der Waals surface area contributed by atoms with Gasteiger partial charge in [-0.25, -0.2) is 9.48 Å². The standard InChI is InChI=1S/C23H21N5O5/c1-26-12-10-19(29)21(22(26)32)27(23(33)24-11-9-20(30)31)16-6-4-7-17(13-16)28-18-8-3-2-5-15(18)14-25-28/h2-8,10,12-14,21H,9,11H2,1H3,(H,24,33)(H,30,31)/t21-/m0/s1. The number of nitrogens with zero attached hydrogens (tertiary/aromatic N) is 4. The second kappa shape index (κ2) is 8.95. The molecule has 2 N–H and O–H groups in total. The highest BCUT2D eigenvalue weighted by molar-refractivity contribution is 6.19. The zero-order valence-electron chi connectivity index (χ0n) is 17.7. The van der Waals surface area contributed by atoms with E-state index in [1.807, 2.05) is 24.3 Å². The van der Waals surface area contributed by atoms with Crippen LogP contribution in [0.5, 0.6) is 0 Å². The zero-order chi connectivity index (χ0) is 23.5. The van der Waals surface area contributed by atoms with Crippen molar-refractivity contribution in [3.63, 3.8) is 0 Å². The van der Waals surface area contributed by atoms with Crippen LogP contribution in [0.2, 0.25) is 0 Å². The van der Waals surface area contributed by atoms with E-state index in [1.165, 1.54) is 24.2 Å². The monoisotopic (exact) mass is 447 g/mol. The van der Waals surface area contributed by atoms with Crippen LogP contribution in [-0.4, -0.2) is 63.1 Å². The number of likely N-dealkylation sites (N-methyl/N-ethyl adjacent to an activating group) is 1. The summed E-state index contributed by atoms with van der Waals surface area (Å²) < 4.78 is 1.69. The molecule has 10 heteroatoms. The number of carbonyl (C=O) groups is 4. The molecule has 4 rings (SSSR count). The number of hydrogen-bond acceptors (Lipinski definition) is 5. The molecule has 2 aromatic carbocycles. The van der Waals surface area contributed by atoms with Crippen molar-refractivity contribution in [2.75, 3.05) is 18.5 Å². The lowest BCUT2D eigenvalue weighted by Gasteiger charge is -2.33. The number of carboxylic acid groups (broad SMARTS) is 1. The molecule has 1 aromatic heterocycles. The van der Waals surface area contributed by atoms with Crippen LogP contribution in [0.4, 0.5) is 10.5 Å². The van der Waals surface area contributed by atoms with Crippen molar-refractivity contribution in [3.05, 3.63) is 67.0 Å². The molecule has 1 atom stereocenters. The van der Waals surface area contributed by atoms with Gasteiger partial charge in [0.2, 0.25) is 0 Å². The smallest absolute Gasteiger partial charge is 0.323 e. The highest BCUT2D eigenvalue weighted by atomic mass is 16.4. The second-order valence-electron chi connectivity index (χ2n) is 7.45. The van der Waals surface area contributed by atoms with Gasteiger partial charge >= 0.3 is 12.0 Å². The topological polar surface area (TPSA) is 125 Å². The van der Waals surface area contributed by atoms with Gasteiger partial charge in [-0.15, -0.1) is 0 Å². The van der Waals surface area contributed by atoms with E-state index in [2.05, 4.69) is 10.4 Å². The molecule has 0 saturated carbocycles. The lowest BCUT2D eigenvalue weighted by atomic mass is 10.1. The second-order valence-corrected chi connectivity index (χ2v) is 7.45. The highest BCUT2D eigenvalue weighted by Gasteiger charge is 2.39. The average molecular weight is 447 g/mol. The molecule has 2 heterocycles. The van der Waals surface area contributed by atoms with Crippen molar-refractivity contribution in [1.29, 1.82) is 0 Å². The number of benzene rings is 2. The number of aromatic nitrogens is 2. The van der Waals surface area contributed by atoms with Crippen LogP contribution < -0.4 is 10.2 Å². The Bertz CT molecular complexity index is 1280. The minimum Gasteiger partial charge on any atom is -0.481 e. The molecule has 0 bridgehead atoms. The predicted molar refractivity (Wildman–Crippen MR) is 120 cm³/mol. The third-order valence-electron chi connectivity index (χ3n) is 5.24. The fraction of sp³-hybridized carbons (Fsp3) is 0.174. The Morgan fingerprint density at radius 2 is 1.94 bits per heavy atom. The van der Waals surface area contributed by atoms with Crippen molar-refractivity contribution in [2.45, 2.75) is 12.5 Å². The zero-order valence-corrected chi connectivity index (χ0v) is 17.7. The number of aliphatic carboxylic acids is 1. The summed E-state index contributed by atoms with van der Waals surface area (Å²) in [5.74, 6) is -2.21. The van der Waals surface area contributed by atoms with Crippen molar-refractivity contribution < 1.29 is 24.3 Å². The molecule has 168 valence electrons. The van der Waals surface area contributed by atoms with E-state index in [0.717, 1.165) is 15.8 Å². The van der Waals surface area contributed by atoms with Gasteiger partial charge in [-0.3, -0.25) is 19.3 Å². The quantitative estimate of drug-likeness (QED) is 0.557. The first-order valence-corrected chi connectivity index (χ1v) is 10.2. The van der Waals surface area contributed by atoms with E-state index in [0.29, 0.717) is 5.69 Å². The molecule has 1 aliphatic rings. The summed E-state index contributed by atoms with van der Waals surface area (Å²) in [6, 6.07) is 12.2. The molecule has 0 spiro atoms. The lowest BCUT2D eigenvalue weighted by Crippen LogP contribution is -2.57. The number of rotatable bonds is 6. The van der Waals surface area contributed by atoms with Gasteiger partial charge < -0.3 is 15.3 Å². The van der Waals surface area contributed by atoms with E-state index in [-0.39, 0.29) is 18.7 Å². The van der Waals surface area contributed by atoms with Crippen molar-refractivity contribution in [3.8, 4) is 5.69 Å². The van der Waals surface area contributed by atoms with Crippen molar-refractivity contribution in [2.24, 2.45) is 0 Å². The van der Waals surface area contributed by atoms with Crippen LogP contribution in [0.25, 0.3) is 16.6 Å². The van der Waals surface area contributed by atoms with Gasteiger partial charge in [0, 0.05) is 36.9 Å². The number of ketones is 1. The van der Waals surface area contributed by atoms with Gasteiger partial charge in [-0.2, -0.15) is 5.10 Å². The fourth-order valence-electron chi connectivity index (χ4n) is 3.60. The summed E-state index contributed by atoms with van der Waals surface area (Å²) in [5, 5.41) is 16.7. The van der Waals surface area contributed by atoms with Crippen LogP contribution in [-0.2, 0) is 14.4 Å². The van der Waals surface area contributed by atoms with Crippen LogP contribution in [0.15, 0.2) is 67.0 Å². The Morgan fingerprint density at radius 3 is 2.73 bits per heavy atom. The molecule has 0 saturated heterocycles. The molecule has 10 nitrogen and oxygen atoms in total. The number of carbonyl (C=O) groups excluding carboxylic acids is 3. The number of nitrogens with one attached hydrogen (secondary N) is 1. The molecular formula is C23H21N5O5. The Balaban J connectivity index is 1.75. The molecule has 33 heavy (non-hydrogen) atoms. The van der Waals surface area contributed by atoms with E-state index >= 15 is 0 Å². The maximum Gasteiger partial charge on any atom is 0.323 e. The van der Waals surface area contributed by atoms with Gasteiger partial charge in [0.15, 0.2) is 11.8 Å². The summed E-state index contributed by atoms with van der Waals surface area (Å²) >= 11 is 0. The van der Waals surface area contributed by atoms with E-state index in [9.17, 15) is 19.2 Å². The summed E-state index contributed by atoms with van der Waals surface area (Å²) in [4.78, 5) is 51.7. The van der Waals surface area contributed by atoms with E-state index < -0.39 is 29.7 Å². The number of amides is 3. The molecule has 0 fully saturated rings. The summed E-state index contributed by atoms with van der Waals surface area (Å²) in [6.07, 6.45) is 3.99. The molecule has 0 radical (unpaired) electrons. The SMILES string of the molecule is CN1C=CC(=O)[C@H](N(C(=O)NCCC(=O)O)c2cccc(-n3ncc4ccccc43)c2)C1=O. The maximum atomic E-state index is 13.1. The summed E-state index contributed by atoms with van der Waals surface area (Å²) in [7, 11) is 1.49. The molecule has 3 amide bonds. The van der Waals surface area contributed by atoms with Gasteiger partial charge in [0.25, 0.3) is 5.91 Å². The molecule has 0 unspecified atom stereocenters. The number of anilines is 1. The third kappa shape index (κ3) is 4.31. The van der Waals surface area contributed by atoms with E-state index in [4.69, 9.17) is 5.11 Å². The fourth-order valence-corrected chi connectivity index (χ4v) is 3.60. The van der Waals surface area contributed by atoms with E-state index in [1.54, 1.807) is 35.1 Å². The lowest BCUT2D eigenvalue weighted by molar-refractivity contribution is -0.137. The number of para-hydroxylation sites is 1. The number of carboxylic acids is 1. The Hall–Kier alpha value is -4.47. The van der Waals surface area contributed by atoms with Gasteiger partial charge in [0.05, 0.1) is 23.8 Å². The van der Waals surface area contributed by atoms with Crippen LogP contribution in [0.1, 0.15) is 6.42 Å². The molecule has 0 aliphatic carbocycles. The normalized spacial score (nSPS) is 15.7. The number of urea groups is 1. The minimum absolute atomic E-state index is 0.158. The number of hydrogen-bond donors (Lipinski definition) is 2. The molecular weight excluding hydrogens is 426 g/mol. The van der Waals surface area contributed by atoms with Crippen molar-refractivity contribution in [1.82, 2.24) is 20.0 Å². The first-order valence-electron chi connectivity index (χ1n) is 10.2. The average Bonchev–Trinajstić information content (AvgIpc) is 3.23. The molecule has 3 aromatic rings. The Labute approximate surface area is 188 Å². The highest BCUT2D eigenvalue weighted by Crippen LogP contribution is 2.26. The third-order valence-corrected chi connectivity index (χ3v) is 5.24. The van der Waals surface area contributed by atoms with Gasteiger partial charge in [-0.05, 0) is 24.3 Å². The first kappa shape index (κ1) is 21.8. The summed E-state index contributed by atoms with van der Waals surface area (Å²) in [6.45, 7) is -0.158. The minimum atomic E-state index is -1.42. The van der Waals surface area contributed by atoms with Crippen molar-refractivity contribution >= 4 is 40.3 Å². The van der Waals surface area contributed by atoms with Crippen LogP contribution in [0, 0.1) is 0 Å². The molecule has 1 aliphatic heterocycles. The summed E-state index contributed by atoms with van der Waals surface area (Å²) in [5.41, 5.74) is 1.76. The first-order chi connectivity index (χ1) is 15.9. The predicted octanol–water partition coefficient (Wildman–Crippen LogP) is 1.94. The van der Waals surface area contributed by atoms with Crippen LogP contribution >= 0.6 is 0 Å². The maximum absolute atomic E-state index is 13.1. The van der Waals surface area contributed by atoms with Gasteiger partial charge in [0.1, 0.15) is 0 Å². The Morgan fingerprint density at radius 1 is 1.15 bits per heavy atom. The number of fused-ring (bicyclic) bond motifs is 1.